The molecule has 0 fully saturated rings. The van der Waals surface area contributed by atoms with E-state index in [1.807, 2.05) is 42.5 Å². The maximum atomic E-state index is 13.5. The van der Waals surface area contributed by atoms with Gasteiger partial charge in [-0.25, -0.2) is 0 Å². The van der Waals surface area contributed by atoms with E-state index in [1.165, 1.54) is 12.1 Å². The van der Waals surface area contributed by atoms with E-state index in [-0.39, 0.29) is 11.3 Å². The maximum absolute atomic E-state index is 13.5. The second kappa shape index (κ2) is 5.52. The molecule has 4 heteroatoms. The third-order valence-corrected chi connectivity index (χ3v) is 4.39. The van der Waals surface area contributed by atoms with Gasteiger partial charge in [-0.1, -0.05) is 48.5 Å². The Kier molecular flexibility index (Phi) is 3.42. The third-order valence-electron chi connectivity index (χ3n) is 4.39. The summed E-state index contributed by atoms with van der Waals surface area (Å²) in [4.78, 5) is 0. The Hall–Kier alpha value is -3.01. The fraction of sp³-hybridized carbons (Fsp3) is 0.0476. The SMILES string of the molecule is Nc1ccc(-c2cccc3cc4ccccc4cc23)c(C(F)(F)F)c1. The zero-order valence-corrected chi connectivity index (χ0v) is 13.1. The van der Waals surface area contributed by atoms with Crippen LogP contribution in [0.3, 0.4) is 0 Å². The van der Waals surface area contributed by atoms with Gasteiger partial charge in [-0.2, -0.15) is 13.2 Å². The van der Waals surface area contributed by atoms with Crippen molar-refractivity contribution < 1.29 is 13.2 Å². The first-order valence-corrected chi connectivity index (χ1v) is 7.82. The Morgan fingerprint density at radius 3 is 2.04 bits per heavy atom. The highest BCUT2D eigenvalue weighted by molar-refractivity contribution is 6.05. The summed E-state index contributed by atoms with van der Waals surface area (Å²) in [7, 11) is 0. The molecule has 0 unspecified atom stereocenters. The predicted octanol–water partition coefficient (Wildman–Crippen LogP) is 6.26. The molecule has 0 aliphatic heterocycles. The highest BCUT2D eigenvalue weighted by Gasteiger charge is 2.34. The van der Waals surface area contributed by atoms with E-state index >= 15 is 0 Å². The average molecular weight is 337 g/mol. The van der Waals surface area contributed by atoms with E-state index in [0.29, 0.717) is 5.56 Å². The topological polar surface area (TPSA) is 26.0 Å². The van der Waals surface area contributed by atoms with Gasteiger partial charge in [-0.15, -0.1) is 0 Å². The normalized spacial score (nSPS) is 12.0. The van der Waals surface area contributed by atoms with Crippen LogP contribution >= 0.6 is 0 Å². The molecule has 0 radical (unpaired) electrons. The molecule has 0 bridgehead atoms. The van der Waals surface area contributed by atoms with Gasteiger partial charge in [0.15, 0.2) is 0 Å². The summed E-state index contributed by atoms with van der Waals surface area (Å²) >= 11 is 0. The fourth-order valence-corrected chi connectivity index (χ4v) is 3.23. The second-order valence-corrected chi connectivity index (χ2v) is 6.03. The first-order valence-electron chi connectivity index (χ1n) is 7.82. The quantitative estimate of drug-likeness (QED) is 0.322. The Morgan fingerprint density at radius 1 is 0.640 bits per heavy atom. The van der Waals surface area contributed by atoms with Crippen molar-refractivity contribution >= 4 is 27.2 Å². The number of hydrogen-bond donors (Lipinski definition) is 1. The summed E-state index contributed by atoms with van der Waals surface area (Å²) in [6, 6.07) is 21.1. The van der Waals surface area contributed by atoms with Gasteiger partial charge < -0.3 is 5.73 Å². The van der Waals surface area contributed by atoms with Gasteiger partial charge in [0.2, 0.25) is 0 Å². The lowest BCUT2D eigenvalue weighted by Gasteiger charge is -2.16. The number of nitrogen functional groups attached to an aromatic ring is 1. The molecular formula is C21H14F3N. The molecule has 0 atom stereocenters. The minimum Gasteiger partial charge on any atom is -0.399 e. The van der Waals surface area contributed by atoms with Crippen molar-refractivity contribution in [3.63, 3.8) is 0 Å². The number of benzene rings is 4. The molecule has 0 heterocycles. The number of halogens is 3. The largest absolute Gasteiger partial charge is 0.417 e. The van der Waals surface area contributed by atoms with Crippen molar-refractivity contribution in [2.45, 2.75) is 6.18 Å². The van der Waals surface area contributed by atoms with Gasteiger partial charge in [-0.3, -0.25) is 0 Å². The third kappa shape index (κ3) is 2.70. The van der Waals surface area contributed by atoms with Crippen molar-refractivity contribution in [1.29, 1.82) is 0 Å². The van der Waals surface area contributed by atoms with Crippen LogP contribution in [0.5, 0.6) is 0 Å². The van der Waals surface area contributed by atoms with Crippen molar-refractivity contribution in [3.05, 3.63) is 78.4 Å². The zero-order valence-electron chi connectivity index (χ0n) is 13.1. The first kappa shape index (κ1) is 15.5. The summed E-state index contributed by atoms with van der Waals surface area (Å²) in [6.45, 7) is 0. The van der Waals surface area contributed by atoms with E-state index < -0.39 is 11.7 Å². The molecule has 2 N–H and O–H groups in total. The van der Waals surface area contributed by atoms with Gasteiger partial charge in [0.25, 0.3) is 0 Å². The molecule has 4 aromatic rings. The molecule has 4 aromatic carbocycles. The van der Waals surface area contributed by atoms with E-state index in [9.17, 15) is 13.2 Å². The number of nitrogens with two attached hydrogens (primary N) is 1. The average Bonchev–Trinajstić information content (AvgIpc) is 2.59. The number of hydrogen-bond acceptors (Lipinski definition) is 1. The van der Waals surface area contributed by atoms with Crippen LogP contribution in [-0.4, -0.2) is 0 Å². The lowest BCUT2D eigenvalue weighted by atomic mass is 9.92. The van der Waals surface area contributed by atoms with E-state index in [0.717, 1.165) is 27.6 Å². The lowest BCUT2D eigenvalue weighted by molar-refractivity contribution is -0.137. The Bertz CT molecular complexity index is 1100. The molecule has 4 rings (SSSR count). The van der Waals surface area contributed by atoms with Gasteiger partial charge >= 0.3 is 6.18 Å². The second-order valence-electron chi connectivity index (χ2n) is 6.03. The van der Waals surface area contributed by atoms with Crippen LogP contribution in [0.15, 0.2) is 72.8 Å². The summed E-state index contributed by atoms with van der Waals surface area (Å²) in [5.74, 6) is 0. The molecule has 0 saturated heterocycles. The predicted molar refractivity (Wildman–Crippen MR) is 96.3 cm³/mol. The van der Waals surface area contributed by atoms with Gasteiger partial charge in [0.05, 0.1) is 5.56 Å². The molecule has 0 spiro atoms. The van der Waals surface area contributed by atoms with Gasteiger partial charge in [0.1, 0.15) is 0 Å². The molecular weight excluding hydrogens is 323 g/mol. The standard InChI is InChI=1S/C21H14F3N/c22-21(23,24)20-12-16(25)8-9-18(20)17-7-3-6-15-10-13-4-1-2-5-14(13)11-19(15)17/h1-12H,25H2. The maximum Gasteiger partial charge on any atom is 0.417 e. The molecule has 0 aliphatic carbocycles. The number of alkyl halides is 3. The van der Waals surface area contributed by atoms with Crippen LogP contribution in [0.25, 0.3) is 32.7 Å². The Labute approximate surface area is 142 Å². The minimum absolute atomic E-state index is 0.0989. The van der Waals surface area contributed by atoms with E-state index in [4.69, 9.17) is 5.73 Å². The van der Waals surface area contributed by atoms with Crippen LogP contribution in [0.4, 0.5) is 18.9 Å². The molecule has 0 amide bonds. The smallest absolute Gasteiger partial charge is 0.399 e. The summed E-state index contributed by atoms with van der Waals surface area (Å²) < 4.78 is 40.5. The Balaban J connectivity index is 2.07. The molecule has 1 nitrogen and oxygen atoms in total. The van der Waals surface area contributed by atoms with Gasteiger partial charge in [-0.05, 0) is 56.9 Å². The van der Waals surface area contributed by atoms with E-state index in [2.05, 4.69) is 0 Å². The van der Waals surface area contributed by atoms with Crippen LogP contribution in [-0.2, 0) is 6.18 Å². The Morgan fingerprint density at radius 2 is 1.32 bits per heavy atom. The first-order chi connectivity index (χ1) is 11.9. The van der Waals surface area contributed by atoms with Crippen molar-refractivity contribution in [2.75, 3.05) is 5.73 Å². The molecule has 0 saturated carbocycles. The molecule has 124 valence electrons. The van der Waals surface area contributed by atoms with E-state index in [1.54, 1.807) is 12.1 Å². The molecule has 0 aromatic heterocycles. The van der Waals surface area contributed by atoms with Crippen LogP contribution in [0.1, 0.15) is 5.56 Å². The van der Waals surface area contributed by atoms with Gasteiger partial charge in [0, 0.05) is 5.69 Å². The highest BCUT2D eigenvalue weighted by atomic mass is 19.4. The number of fused-ring (bicyclic) bond motifs is 2. The number of rotatable bonds is 1. The van der Waals surface area contributed by atoms with Crippen LogP contribution < -0.4 is 5.73 Å². The van der Waals surface area contributed by atoms with Crippen molar-refractivity contribution in [3.8, 4) is 11.1 Å². The number of anilines is 1. The van der Waals surface area contributed by atoms with Crippen molar-refractivity contribution in [2.24, 2.45) is 0 Å². The minimum atomic E-state index is -4.47. The summed E-state index contributed by atoms with van der Waals surface area (Å²) in [6.07, 6.45) is -4.47. The lowest BCUT2D eigenvalue weighted by Crippen LogP contribution is -2.08. The monoisotopic (exact) mass is 337 g/mol. The van der Waals surface area contributed by atoms with Crippen LogP contribution in [0.2, 0.25) is 0 Å². The fourth-order valence-electron chi connectivity index (χ4n) is 3.23. The van der Waals surface area contributed by atoms with Crippen LogP contribution in [0, 0.1) is 0 Å². The summed E-state index contributed by atoms with van der Waals surface area (Å²) in [5.41, 5.74) is 5.67. The zero-order chi connectivity index (χ0) is 17.6. The molecule has 0 aliphatic rings. The summed E-state index contributed by atoms with van der Waals surface area (Å²) in [5, 5.41) is 3.74. The highest BCUT2D eigenvalue weighted by Crippen LogP contribution is 2.41. The van der Waals surface area contributed by atoms with Crippen molar-refractivity contribution in [1.82, 2.24) is 0 Å². The molecule has 25 heavy (non-hydrogen) atoms.